The molecule has 1 aromatic carbocycles. The van der Waals surface area contributed by atoms with Crippen LogP contribution in [0.2, 0.25) is 0 Å². The van der Waals surface area contributed by atoms with Gasteiger partial charge in [0.05, 0.1) is 10.7 Å². The lowest BCUT2D eigenvalue weighted by atomic mass is 10.2. The molecule has 0 aromatic heterocycles. The summed E-state index contributed by atoms with van der Waals surface area (Å²) in [4.78, 5) is 2.58. The van der Waals surface area contributed by atoms with E-state index in [2.05, 4.69) is 59.6 Å². The molecule has 2 heterocycles. The third-order valence-electron chi connectivity index (χ3n) is 2.82. The minimum absolute atomic E-state index is 0.729. The molecular weight excluding hydrogens is 210 g/mol. The number of anilines is 1. The van der Waals surface area contributed by atoms with Crippen molar-refractivity contribution < 1.29 is 0 Å². The van der Waals surface area contributed by atoms with E-state index >= 15 is 0 Å². The number of hydrogen-bond donors (Lipinski definition) is 0. The van der Waals surface area contributed by atoms with Gasteiger partial charge in [0.2, 0.25) is 0 Å². The van der Waals surface area contributed by atoms with Crippen LogP contribution in [0.1, 0.15) is 5.56 Å². The monoisotopic (exact) mass is 223 g/mol. The first-order valence-corrected chi connectivity index (χ1v) is 7.02. The zero-order chi connectivity index (χ0) is 9.54. The predicted octanol–water partition coefficient (Wildman–Crippen LogP) is 2.95. The lowest BCUT2D eigenvalue weighted by molar-refractivity contribution is 0.876. The molecule has 1 nitrogen and oxygen atoms in total. The van der Waals surface area contributed by atoms with E-state index in [-0.39, 0.29) is 0 Å². The number of hydrogen-bond acceptors (Lipinski definition) is 3. The van der Waals surface area contributed by atoms with Crippen LogP contribution in [-0.4, -0.2) is 22.3 Å². The van der Waals surface area contributed by atoms with Gasteiger partial charge in [-0.25, -0.2) is 0 Å². The smallest absolute Gasteiger partial charge is 0.0854 e. The van der Waals surface area contributed by atoms with Gasteiger partial charge in [-0.3, -0.25) is 0 Å². The Morgan fingerprint density at radius 2 is 1.64 bits per heavy atom. The van der Waals surface area contributed by atoms with Crippen LogP contribution in [0.25, 0.3) is 0 Å². The van der Waals surface area contributed by atoms with E-state index in [9.17, 15) is 0 Å². The maximum Gasteiger partial charge on any atom is 0.0854 e. The second kappa shape index (κ2) is 3.38. The number of thioether (sulfide) groups is 2. The van der Waals surface area contributed by atoms with Crippen molar-refractivity contribution in [2.24, 2.45) is 0 Å². The van der Waals surface area contributed by atoms with Gasteiger partial charge in [-0.05, 0) is 19.1 Å². The van der Waals surface area contributed by atoms with E-state index in [1.165, 1.54) is 22.8 Å². The molecule has 0 N–H and O–H groups in total. The van der Waals surface area contributed by atoms with Crippen molar-refractivity contribution in [3.8, 4) is 0 Å². The van der Waals surface area contributed by atoms with Crippen molar-refractivity contribution in [2.75, 3.05) is 16.4 Å². The summed E-state index contributed by atoms with van der Waals surface area (Å²) in [6.45, 7) is 2.14. The lowest BCUT2D eigenvalue weighted by Gasteiger charge is -2.22. The number of fused-ring (bicyclic) bond motifs is 2. The second-order valence-corrected chi connectivity index (χ2v) is 6.24. The third-order valence-corrected chi connectivity index (χ3v) is 5.81. The highest BCUT2D eigenvalue weighted by atomic mass is 32.2. The summed E-state index contributed by atoms with van der Waals surface area (Å²) in [5, 5.41) is 1.46. The molecule has 74 valence electrons. The summed E-state index contributed by atoms with van der Waals surface area (Å²) in [7, 11) is 0. The summed E-state index contributed by atoms with van der Waals surface area (Å²) in [5.74, 6) is 2.59. The van der Waals surface area contributed by atoms with Crippen molar-refractivity contribution in [3.63, 3.8) is 0 Å². The quantitative estimate of drug-likeness (QED) is 0.720. The summed E-state index contributed by atoms with van der Waals surface area (Å²) >= 11 is 4.21. The molecule has 0 radical (unpaired) electrons. The van der Waals surface area contributed by atoms with E-state index in [1.54, 1.807) is 0 Å². The van der Waals surface area contributed by atoms with E-state index in [0.29, 0.717) is 0 Å². The maximum atomic E-state index is 2.58. The minimum atomic E-state index is 0.729. The Hall–Kier alpha value is -0.280. The van der Waals surface area contributed by atoms with Crippen LogP contribution in [0.4, 0.5) is 5.69 Å². The standard InChI is InChI=1S/C11H13NS2/c1-8-2-4-9(5-3-8)12-10-6-13-11(12)7-14-10/h2-5,10-11H,6-7H2,1H3/t10-,11-/m1/s1. The highest BCUT2D eigenvalue weighted by molar-refractivity contribution is 8.08. The first kappa shape index (κ1) is 8.98. The van der Waals surface area contributed by atoms with Gasteiger partial charge in [-0.2, -0.15) is 0 Å². The number of aryl methyl sites for hydroxylation is 1. The van der Waals surface area contributed by atoms with E-state index < -0.39 is 0 Å². The van der Waals surface area contributed by atoms with Crippen molar-refractivity contribution in [1.82, 2.24) is 0 Å². The lowest BCUT2D eigenvalue weighted by Crippen LogP contribution is -2.28. The summed E-state index contributed by atoms with van der Waals surface area (Å²) in [5.41, 5.74) is 2.75. The molecule has 1 aromatic rings. The van der Waals surface area contributed by atoms with Crippen LogP contribution in [0, 0.1) is 6.92 Å². The van der Waals surface area contributed by atoms with E-state index in [4.69, 9.17) is 0 Å². The second-order valence-electron chi connectivity index (χ2n) is 3.82. The van der Waals surface area contributed by atoms with Gasteiger partial charge in [-0.15, -0.1) is 23.5 Å². The van der Waals surface area contributed by atoms with Crippen molar-refractivity contribution in [1.29, 1.82) is 0 Å². The first-order valence-electron chi connectivity index (χ1n) is 4.93. The predicted molar refractivity (Wildman–Crippen MR) is 66.2 cm³/mol. The highest BCUT2D eigenvalue weighted by Crippen LogP contribution is 2.46. The Balaban J connectivity index is 1.92. The van der Waals surface area contributed by atoms with Crippen LogP contribution < -0.4 is 4.90 Å². The molecule has 0 saturated carbocycles. The van der Waals surface area contributed by atoms with Gasteiger partial charge < -0.3 is 4.90 Å². The highest BCUT2D eigenvalue weighted by Gasteiger charge is 2.40. The summed E-state index contributed by atoms with van der Waals surface area (Å²) in [6.07, 6.45) is 0. The fourth-order valence-electron chi connectivity index (χ4n) is 2.04. The molecule has 2 bridgehead atoms. The number of nitrogens with zero attached hydrogens (tertiary/aromatic N) is 1. The fourth-order valence-corrected chi connectivity index (χ4v) is 5.31. The topological polar surface area (TPSA) is 3.24 Å². The molecule has 2 saturated heterocycles. The first-order chi connectivity index (χ1) is 6.84. The molecule has 14 heavy (non-hydrogen) atoms. The average Bonchev–Trinajstić information content (AvgIpc) is 2.78. The molecule has 0 spiro atoms. The van der Waals surface area contributed by atoms with Crippen LogP contribution in [0.5, 0.6) is 0 Å². The molecule has 0 aliphatic carbocycles. The fraction of sp³-hybridized carbons (Fsp3) is 0.455. The largest absolute Gasteiger partial charge is 0.346 e. The molecule has 2 aliphatic rings. The molecule has 2 atom stereocenters. The zero-order valence-corrected chi connectivity index (χ0v) is 9.78. The minimum Gasteiger partial charge on any atom is -0.346 e. The summed E-state index contributed by atoms with van der Waals surface area (Å²) < 4.78 is 0. The average molecular weight is 223 g/mol. The van der Waals surface area contributed by atoms with Crippen molar-refractivity contribution >= 4 is 29.2 Å². The molecule has 2 aliphatic heterocycles. The van der Waals surface area contributed by atoms with Crippen LogP contribution in [0.3, 0.4) is 0 Å². The molecule has 2 fully saturated rings. The molecule has 3 heteroatoms. The van der Waals surface area contributed by atoms with E-state index in [0.717, 1.165) is 10.7 Å². The molecule has 3 rings (SSSR count). The van der Waals surface area contributed by atoms with Gasteiger partial charge in [0.25, 0.3) is 0 Å². The van der Waals surface area contributed by atoms with E-state index in [1.807, 2.05) is 0 Å². The third kappa shape index (κ3) is 1.34. The molecule has 0 amide bonds. The van der Waals surface area contributed by atoms with Crippen LogP contribution in [-0.2, 0) is 0 Å². The van der Waals surface area contributed by atoms with Gasteiger partial charge in [0, 0.05) is 17.2 Å². The SMILES string of the molecule is Cc1ccc(N2[C@H]3CS[C@@H]2CS3)cc1. The normalized spacial score (nSPS) is 29.9. The Morgan fingerprint density at radius 1 is 1.07 bits per heavy atom. The van der Waals surface area contributed by atoms with Crippen LogP contribution in [0.15, 0.2) is 24.3 Å². The zero-order valence-electron chi connectivity index (χ0n) is 8.14. The maximum absolute atomic E-state index is 2.58. The van der Waals surface area contributed by atoms with Crippen LogP contribution >= 0.6 is 23.5 Å². The Morgan fingerprint density at radius 3 is 2.14 bits per heavy atom. The van der Waals surface area contributed by atoms with Gasteiger partial charge >= 0.3 is 0 Å². The van der Waals surface area contributed by atoms with Gasteiger partial charge in [0.15, 0.2) is 0 Å². The van der Waals surface area contributed by atoms with Crippen molar-refractivity contribution in [2.45, 2.75) is 17.7 Å². The number of benzene rings is 1. The van der Waals surface area contributed by atoms with Gasteiger partial charge in [0.1, 0.15) is 0 Å². The molecule has 0 unspecified atom stereocenters. The molecular formula is C11H13NS2. The van der Waals surface area contributed by atoms with Crippen molar-refractivity contribution in [3.05, 3.63) is 29.8 Å². The van der Waals surface area contributed by atoms with Gasteiger partial charge in [-0.1, -0.05) is 17.7 Å². The Bertz CT molecular complexity index is 316. The Labute approximate surface area is 93.3 Å². The Kier molecular flexibility index (Phi) is 2.17. The summed E-state index contributed by atoms with van der Waals surface area (Å²) in [6, 6.07) is 8.94. The number of rotatable bonds is 1.